The van der Waals surface area contributed by atoms with E-state index < -0.39 is 0 Å². The fourth-order valence-electron chi connectivity index (χ4n) is 2.44. The summed E-state index contributed by atoms with van der Waals surface area (Å²) in [5, 5.41) is 11.8. The van der Waals surface area contributed by atoms with Crippen molar-refractivity contribution in [3.05, 3.63) is 0 Å². The second-order valence-corrected chi connectivity index (χ2v) is 6.19. The van der Waals surface area contributed by atoms with E-state index in [9.17, 15) is 0 Å². The Labute approximate surface area is 105 Å². The van der Waals surface area contributed by atoms with Crippen LogP contribution in [0.1, 0.15) is 40.5 Å². The van der Waals surface area contributed by atoms with Crippen molar-refractivity contribution in [2.45, 2.75) is 40.5 Å². The summed E-state index contributed by atoms with van der Waals surface area (Å²) in [6.07, 6.45) is 2.06. The quantitative estimate of drug-likeness (QED) is 0.335. The molecule has 0 aromatic rings. The van der Waals surface area contributed by atoms with Gasteiger partial charge in [0.25, 0.3) is 0 Å². The lowest BCUT2D eigenvalue weighted by Gasteiger charge is -2.24. The van der Waals surface area contributed by atoms with Gasteiger partial charge in [-0.25, -0.2) is 0 Å². The number of nitrogens with two attached hydrogens (primary N) is 1. The molecule has 4 heteroatoms. The molecule has 2 atom stereocenters. The molecule has 17 heavy (non-hydrogen) atoms. The van der Waals surface area contributed by atoms with Crippen LogP contribution < -0.4 is 5.73 Å². The third-order valence-corrected chi connectivity index (χ3v) is 4.14. The van der Waals surface area contributed by atoms with Crippen LogP contribution in [-0.2, 0) is 0 Å². The number of hydrogen-bond acceptors (Lipinski definition) is 3. The molecule has 1 heterocycles. The minimum atomic E-state index is -0.203. The van der Waals surface area contributed by atoms with E-state index >= 15 is 0 Å². The monoisotopic (exact) mass is 241 g/mol. The average molecular weight is 241 g/mol. The molecule has 0 aromatic heterocycles. The Morgan fingerprint density at radius 2 is 1.88 bits per heavy atom. The summed E-state index contributed by atoms with van der Waals surface area (Å²) < 4.78 is 0. The summed E-state index contributed by atoms with van der Waals surface area (Å²) in [7, 11) is 0. The largest absolute Gasteiger partial charge is 0.409 e. The van der Waals surface area contributed by atoms with Gasteiger partial charge in [-0.05, 0) is 31.2 Å². The van der Waals surface area contributed by atoms with Crippen molar-refractivity contribution in [2.24, 2.45) is 28.1 Å². The maximum atomic E-state index is 8.70. The van der Waals surface area contributed by atoms with Gasteiger partial charge in [-0.2, -0.15) is 0 Å². The Bertz CT molecular complexity index is 266. The minimum absolute atomic E-state index is 0.203. The highest BCUT2D eigenvalue weighted by Crippen LogP contribution is 2.25. The van der Waals surface area contributed by atoms with Gasteiger partial charge in [-0.3, -0.25) is 0 Å². The predicted octanol–water partition coefficient (Wildman–Crippen LogP) is 2.13. The maximum absolute atomic E-state index is 8.70. The Kier molecular flexibility index (Phi) is 4.80. The van der Waals surface area contributed by atoms with E-state index in [-0.39, 0.29) is 5.41 Å². The van der Waals surface area contributed by atoms with E-state index in [1.165, 1.54) is 13.1 Å². The van der Waals surface area contributed by atoms with Crippen molar-refractivity contribution in [3.8, 4) is 0 Å². The topological polar surface area (TPSA) is 61.8 Å². The molecule has 100 valence electrons. The Morgan fingerprint density at radius 3 is 2.35 bits per heavy atom. The molecule has 1 rings (SSSR count). The van der Waals surface area contributed by atoms with Crippen molar-refractivity contribution in [3.63, 3.8) is 0 Å². The van der Waals surface area contributed by atoms with Gasteiger partial charge in [-0.1, -0.05) is 32.9 Å². The SMILES string of the molecule is CC1CN(CCCC(C)(C)C(N)=NO)CC1C. The van der Waals surface area contributed by atoms with E-state index in [0.717, 1.165) is 31.2 Å². The third-order valence-electron chi connectivity index (χ3n) is 4.14. The molecule has 1 fully saturated rings. The number of nitrogens with zero attached hydrogens (tertiary/aromatic N) is 2. The fraction of sp³-hybridized carbons (Fsp3) is 0.923. The molecule has 0 radical (unpaired) electrons. The lowest BCUT2D eigenvalue weighted by molar-refractivity contribution is 0.286. The lowest BCUT2D eigenvalue weighted by Crippen LogP contribution is -2.33. The molecule has 0 bridgehead atoms. The van der Waals surface area contributed by atoms with E-state index in [2.05, 4.69) is 23.9 Å². The van der Waals surface area contributed by atoms with Gasteiger partial charge in [0.05, 0.1) is 0 Å². The first-order chi connectivity index (χ1) is 7.86. The van der Waals surface area contributed by atoms with Crippen molar-refractivity contribution in [1.29, 1.82) is 0 Å². The average Bonchev–Trinajstić information content (AvgIpc) is 2.57. The predicted molar refractivity (Wildman–Crippen MR) is 71.2 cm³/mol. The van der Waals surface area contributed by atoms with Gasteiger partial charge in [0, 0.05) is 18.5 Å². The van der Waals surface area contributed by atoms with E-state index in [1.54, 1.807) is 0 Å². The lowest BCUT2D eigenvalue weighted by atomic mass is 9.86. The van der Waals surface area contributed by atoms with Crippen LogP contribution in [0.4, 0.5) is 0 Å². The van der Waals surface area contributed by atoms with Gasteiger partial charge in [0.15, 0.2) is 0 Å². The van der Waals surface area contributed by atoms with Gasteiger partial charge in [0.2, 0.25) is 0 Å². The first-order valence-corrected chi connectivity index (χ1v) is 6.57. The molecule has 1 aliphatic heterocycles. The molecule has 0 amide bonds. The molecule has 0 aromatic carbocycles. The second kappa shape index (κ2) is 5.71. The standard InChI is InChI=1S/C13H27N3O/c1-10-8-16(9-11(10)2)7-5-6-13(3,4)12(14)15-17/h10-11,17H,5-9H2,1-4H3,(H2,14,15). The summed E-state index contributed by atoms with van der Waals surface area (Å²) >= 11 is 0. The molecule has 0 aliphatic carbocycles. The number of rotatable bonds is 5. The normalized spacial score (nSPS) is 27.6. The second-order valence-electron chi connectivity index (χ2n) is 6.19. The fourth-order valence-corrected chi connectivity index (χ4v) is 2.44. The molecular formula is C13H27N3O. The maximum Gasteiger partial charge on any atom is 0.144 e. The highest BCUT2D eigenvalue weighted by Gasteiger charge is 2.27. The Morgan fingerprint density at radius 1 is 1.35 bits per heavy atom. The van der Waals surface area contributed by atoms with Crippen LogP contribution in [0.2, 0.25) is 0 Å². The van der Waals surface area contributed by atoms with Crippen LogP contribution in [0.15, 0.2) is 5.16 Å². The summed E-state index contributed by atoms with van der Waals surface area (Å²) in [4.78, 5) is 2.53. The third kappa shape index (κ3) is 3.87. The van der Waals surface area contributed by atoms with E-state index in [1.807, 2.05) is 13.8 Å². The smallest absolute Gasteiger partial charge is 0.144 e. The number of amidine groups is 1. The van der Waals surface area contributed by atoms with E-state index in [4.69, 9.17) is 10.9 Å². The van der Waals surface area contributed by atoms with Crippen molar-refractivity contribution in [2.75, 3.05) is 19.6 Å². The van der Waals surface area contributed by atoms with Crippen LogP contribution in [-0.4, -0.2) is 35.6 Å². The molecule has 0 saturated carbocycles. The van der Waals surface area contributed by atoms with Crippen LogP contribution in [0.5, 0.6) is 0 Å². The van der Waals surface area contributed by atoms with Gasteiger partial charge < -0.3 is 15.8 Å². The first-order valence-electron chi connectivity index (χ1n) is 6.57. The molecule has 2 unspecified atom stereocenters. The highest BCUT2D eigenvalue weighted by atomic mass is 16.4. The summed E-state index contributed by atoms with van der Waals surface area (Å²) in [5.74, 6) is 1.96. The molecule has 0 spiro atoms. The molecular weight excluding hydrogens is 214 g/mol. The minimum Gasteiger partial charge on any atom is -0.409 e. The van der Waals surface area contributed by atoms with Gasteiger partial charge in [0.1, 0.15) is 5.84 Å². The van der Waals surface area contributed by atoms with Gasteiger partial charge in [-0.15, -0.1) is 0 Å². The summed E-state index contributed by atoms with van der Waals surface area (Å²) in [6, 6.07) is 0. The number of oxime groups is 1. The first kappa shape index (κ1) is 14.3. The summed E-state index contributed by atoms with van der Waals surface area (Å²) in [5.41, 5.74) is 5.47. The number of likely N-dealkylation sites (tertiary alicyclic amines) is 1. The highest BCUT2D eigenvalue weighted by molar-refractivity contribution is 5.85. The van der Waals surface area contributed by atoms with E-state index in [0.29, 0.717) is 5.84 Å². The molecule has 3 N–H and O–H groups in total. The molecule has 4 nitrogen and oxygen atoms in total. The zero-order valence-corrected chi connectivity index (χ0v) is 11.6. The molecule has 1 saturated heterocycles. The zero-order valence-electron chi connectivity index (χ0n) is 11.6. The zero-order chi connectivity index (χ0) is 13.1. The van der Waals surface area contributed by atoms with Crippen molar-refractivity contribution in [1.82, 2.24) is 4.90 Å². The van der Waals surface area contributed by atoms with Gasteiger partial charge >= 0.3 is 0 Å². The Balaban J connectivity index is 2.29. The van der Waals surface area contributed by atoms with Crippen molar-refractivity contribution >= 4 is 5.84 Å². The number of hydrogen-bond donors (Lipinski definition) is 2. The van der Waals surface area contributed by atoms with Crippen LogP contribution in [0.25, 0.3) is 0 Å². The van der Waals surface area contributed by atoms with Crippen LogP contribution in [0, 0.1) is 17.3 Å². The Hall–Kier alpha value is -0.770. The van der Waals surface area contributed by atoms with Crippen LogP contribution >= 0.6 is 0 Å². The molecule has 1 aliphatic rings. The summed E-state index contributed by atoms with van der Waals surface area (Å²) in [6.45, 7) is 12.2. The van der Waals surface area contributed by atoms with Crippen molar-refractivity contribution < 1.29 is 5.21 Å². The van der Waals surface area contributed by atoms with Crippen LogP contribution in [0.3, 0.4) is 0 Å².